The number of rotatable bonds is 0. The van der Waals surface area contributed by atoms with Crippen LogP contribution in [0.25, 0.3) is 0 Å². The van der Waals surface area contributed by atoms with Crippen LogP contribution in [0.3, 0.4) is 0 Å². The fraction of sp³-hybridized carbons (Fsp3) is 0. The molecule has 0 nitrogen and oxygen atoms in total. The molecule has 0 heterocycles. The van der Waals surface area contributed by atoms with Crippen molar-refractivity contribution in [2.24, 2.45) is 0 Å². The molecule has 0 rings (SSSR count). The molecule has 0 saturated heterocycles. The van der Waals surface area contributed by atoms with E-state index in [4.69, 9.17) is 0 Å². The van der Waals surface area contributed by atoms with Gasteiger partial charge in [-0.15, -0.1) is 0 Å². The van der Waals surface area contributed by atoms with Crippen LogP contribution in [0.4, 0.5) is 0 Å². The minimum atomic E-state index is 0. The predicted octanol–water partition coefficient (Wildman–Crippen LogP) is -18.0. The molecule has 0 aliphatic carbocycles. The normalized spacial score (nSPS) is 0. The molecule has 0 aliphatic rings. The van der Waals surface area contributed by atoms with Crippen LogP contribution in [0, 0.1) is 79.9 Å². The van der Waals surface area contributed by atoms with Crippen molar-refractivity contribution in [2.75, 3.05) is 0 Å². The number of hydrogen-bond acceptors (Lipinski definition) is 0. The van der Waals surface area contributed by atoms with Gasteiger partial charge in [0.15, 0.2) is 0 Å². The van der Waals surface area contributed by atoms with E-state index in [1.54, 1.807) is 0 Å². The quantitative estimate of drug-likeness (QED) is 0.243. The van der Waals surface area contributed by atoms with Gasteiger partial charge < -0.3 is 88.2 Å². The monoisotopic (exact) mass is 658 g/mol. The van der Waals surface area contributed by atoms with Crippen molar-refractivity contribution in [2.45, 2.75) is 0 Å². The van der Waals surface area contributed by atoms with Gasteiger partial charge in [-0.2, -0.15) is 0 Å². The third kappa shape index (κ3) is 44.2. The predicted molar refractivity (Wildman–Crippen MR) is 0 cm³/mol. The minimum absolute atomic E-state index is 0. The summed E-state index contributed by atoms with van der Waals surface area (Å²) in [5.74, 6) is 0. The zero-order chi connectivity index (χ0) is 0. The van der Waals surface area contributed by atoms with Crippen molar-refractivity contribution >= 4 is 0 Å². The van der Waals surface area contributed by atoms with Gasteiger partial charge in [-0.05, 0) is 0 Å². The van der Waals surface area contributed by atoms with Crippen molar-refractivity contribution in [1.29, 1.82) is 0 Å². The zero-order valence-electron chi connectivity index (χ0n) is 2.97. The first-order valence-corrected chi connectivity index (χ1v) is 0. The Kier molecular flexibility index (Phi) is 550. The molecule has 0 N–H and O–H groups in total. The maximum absolute atomic E-state index is 0. The van der Waals surface area contributed by atoms with E-state index in [1.807, 2.05) is 0 Å². The minimum Gasteiger partial charge on any atom is -1.00 e. The van der Waals surface area contributed by atoms with Crippen molar-refractivity contribution in [3.05, 3.63) is 0 Å². The van der Waals surface area contributed by atoms with Crippen molar-refractivity contribution < 1.29 is 168 Å². The van der Waals surface area contributed by atoms with Gasteiger partial charge in [-0.3, -0.25) is 0 Å². The summed E-state index contributed by atoms with van der Waals surface area (Å²) < 4.78 is 0. The summed E-state index contributed by atoms with van der Waals surface area (Å²) in [6, 6.07) is 0. The van der Waals surface area contributed by atoms with Crippen LogP contribution in [0.15, 0.2) is 0 Å². The molecule has 0 amide bonds. The fourth-order valence-corrected chi connectivity index (χ4v) is 0. The Bertz CT molecular complexity index is 12.5. The van der Waals surface area contributed by atoms with Crippen LogP contribution in [-0.4, -0.2) is 0 Å². The van der Waals surface area contributed by atoms with Crippen LogP contribution in [0.5, 0.6) is 0 Å². The molecule has 0 aromatic rings. The fourth-order valence-electron chi connectivity index (χ4n) is 0. The summed E-state index contributed by atoms with van der Waals surface area (Å²) in [6.45, 7) is 0. The molecular weight excluding hydrogens is 661 g/mol. The summed E-state index contributed by atoms with van der Waals surface area (Å²) >= 11 is 0. The van der Waals surface area contributed by atoms with E-state index in [0.29, 0.717) is 0 Å². The molecule has 2 radical (unpaired) electrons. The van der Waals surface area contributed by atoms with E-state index in [2.05, 4.69) is 0 Å². The average Bonchev–Trinajstić information content (AvgIpc) is 0. The zero-order valence-corrected chi connectivity index (χ0v) is 14.5. The summed E-state index contributed by atoms with van der Waals surface area (Å²) in [5, 5.41) is 0. The molecule has 0 saturated carbocycles. The van der Waals surface area contributed by atoms with E-state index in [0.717, 1.165) is 0 Å². The molecule has 8 heavy (non-hydrogen) atoms. The Morgan fingerprint density at radius 1 is 0.375 bits per heavy atom. The van der Waals surface area contributed by atoms with Crippen molar-refractivity contribution in [3.63, 3.8) is 0 Å². The van der Waals surface area contributed by atoms with E-state index in [1.165, 1.54) is 0 Å². The van der Waals surface area contributed by atoms with Crippen molar-refractivity contribution in [3.8, 4) is 0 Å². The molecule has 58 valence electrons. The summed E-state index contributed by atoms with van der Waals surface area (Å²) in [6.07, 6.45) is 0. The number of hydrogen-bond donors (Lipinski definition) is 0. The van der Waals surface area contributed by atoms with Gasteiger partial charge in [0.2, 0.25) is 0 Å². The molecule has 0 spiro atoms. The van der Waals surface area contributed by atoms with Gasteiger partial charge >= 0.3 is 79.9 Å². The molecular formula is Br3Cl3Gd2. The second-order valence-corrected chi connectivity index (χ2v) is 0. The molecule has 0 aromatic heterocycles. The summed E-state index contributed by atoms with van der Waals surface area (Å²) in [5.41, 5.74) is 0. The second kappa shape index (κ2) is 58.4. The van der Waals surface area contributed by atoms with Crippen LogP contribution >= 0.6 is 0 Å². The summed E-state index contributed by atoms with van der Waals surface area (Å²) in [4.78, 5) is 0. The smallest absolute Gasteiger partial charge is 1.00 e. The van der Waals surface area contributed by atoms with Crippen LogP contribution < -0.4 is 88.2 Å². The molecule has 0 aliphatic heterocycles. The standard InChI is InChI=1S/3BrH.3ClH.2Gd/h6*1H;;/q;;;;;;2*+3/p-6. The van der Waals surface area contributed by atoms with Gasteiger partial charge in [0.05, 0.1) is 0 Å². The van der Waals surface area contributed by atoms with Gasteiger partial charge in [0.25, 0.3) is 0 Å². The van der Waals surface area contributed by atoms with Gasteiger partial charge in [-0.1, -0.05) is 0 Å². The van der Waals surface area contributed by atoms with E-state index in [9.17, 15) is 0 Å². The topological polar surface area (TPSA) is 0 Å². The Morgan fingerprint density at radius 3 is 0.375 bits per heavy atom. The molecule has 0 unspecified atom stereocenters. The maximum Gasteiger partial charge on any atom is 3.00 e. The van der Waals surface area contributed by atoms with E-state index in [-0.39, 0.29) is 168 Å². The SMILES string of the molecule is [Br-].[Br-].[Br-].[Cl-].[Cl-].[Cl-].[Gd+3].[Gd+3]. The Labute approximate surface area is 164 Å². The van der Waals surface area contributed by atoms with Crippen molar-refractivity contribution in [1.82, 2.24) is 0 Å². The Balaban J connectivity index is 0. The Hall–Kier alpha value is 4.96. The van der Waals surface area contributed by atoms with E-state index >= 15 is 0 Å². The summed E-state index contributed by atoms with van der Waals surface area (Å²) in [7, 11) is 0. The second-order valence-electron chi connectivity index (χ2n) is 0. The molecule has 0 bridgehead atoms. The van der Waals surface area contributed by atoms with Gasteiger partial charge in [-0.25, -0.2) is 0 Å². The Morgan fingerprint density at radius 2 is 0.375 bits per heavy atom. The first-order valence-electron chi connectivity index (χ1n) is 0. The third-order valence-electron chi connectivity index (χ3n) is 0. The maximum atomic E-state index is 0. The first-order chi connectivity index (χ1) is 0. The molecule has 0 fully saturated rings. The molecule has 0 aromatic carbocycles. The molecule has 8 heteroatoms. The van der Waals surface area contributed by atoms with E-state index < -0.39 is 0 Å². The van der Waals surface area contributed by atoms with Crippen LogP contribution in [0.2, 0.25) is 0 Å². The van der Waals surface area contributed by atoms with Crippen LogP contribution in [-0.2, 0) is 0 Å². The van der Waals surface area contributed by atoms with Crippen LogP contribution in [0.1, 0.15) is 0 Å². The number of halogens is 6. The largest absolute Gasteiger partial charge is 3.00 e. The third-order valence-corrected chi connectivity index (χ3v) is 0. The van der Waals surface area contributed by atoms with Gasteiger partial charge in [0.1, 0.15) is 0 Å². The average molecular weight is 661 g/mol. The molecule has 0 atom stereocenters. The van der Waals surface area contributed by atoms with Gasteiger partial charge in [0, 0.05) is 0 Å². The first kappa shape index (κ1) is 75.4.